The van der Waals surface area contributed by atoms with Gasteiger partial charge in [-0.1, -0.05) is 12.1 Å². The molecule has 0 unspecified atom stereocenters. The zero-order valence-electron chi connectivity index (χ0n) is 15.1. The number of hydrogen-bond acceptors (Lipinski definition) is 6. The number of aromatic nitrogens is 5. The lowest BCUT2D eigenvalue weighted by Crippen LogP contribution is -2.11. The van der Waals surface area contributed by atoms with E-state index in [1.54, 1.807) is 12.4 Å². The number of benzene rings is 1. The highest BCUT2D eigenvalue weighted by Crippen LogP contribution is 2.35. The topological polar surface area (TPSA) is 116 Å². The van der Waals surface area contributed by atoms with Crippen LogP contribution in [0, 0.1) is 6.92 Å². The third kappa shape index (κ3) is 3.37. The second kappa shape index (κ2) is 6.66. The molecule has 4 aromatic rings. The second-order valence-corrected chi connectivity index (χ2v) is 8.90. The van der Waals surface area contributed by atoms with Gasteiger partial charge in [0.2, 0.25) is 0 Å². The molecule has 3 aromatic heterocycles. The molecule has 0 bridgehead atoms. The third-order valence-corrected chi connectivity index (χ3v) is 5.61. The van der Waals surface area contributed by atoms with Crippen LogP contribution in [0.3, 0.4) is 0 Å². The molecule has 0 fully saturated rings. The maximum atomic E-state index is 11.4. The number of fused-ring (bicyclic) bond motifs is 2. The minimum Gasteiger partial charge on any atom is -0.384 e. The van der Waals surface area contributed by atoms with E-state index < -0.39 is 9.84 Å². The van der Waals surface area contributed by atoms with E-state index in [1.165, 1.54) is 6.26 Å². The first-order chi connectivity index (χ1) is 12.9. The summed E-state index contributed by atoms with van der Waals surface area (Å²) in [6, 6.07) is 5.95. The Balaban J connectivity index is 1.77. The Labute approximate surface area is 156 Å². The number of aromatic amines is 2. The number of anilines is 1. The number of nitrogens with zero attached hydrogens (tertiary/aromatic N) is 3. The van der Waals surface area contributed by atoms with Gasteiger partial charge in [0, 0.05) is 23.8 Å². The normalized spacial score (nSPS) is 12.1. The summed E-state index contributed by atoms with van der Waals surface area (Å²) < 4.78 is 22.7. The van der Waals surface area contributed by atoms with Crippen LogP contribution in [0.1, 0.15) is 12.0 Å². The molecule has 4 rings (SSSR count). The largest absolute Gasteiger partial charge is 0.384 e. The first-order valence-corrected chi connectivity index (χ1v) is 10.7. The lowest BCUT2D eigenvalue weighted by molar-refractivity contribution is 0.600. The van der Waals surface area contributed by atoms with Gasteiger partial charge in [-0.25, -0.2) is 13.4 Å². The Kier molecular flexibility index (Phi) is 4.31. The molecular formula is C18H20N6O2S. The van der Waals surface area contributed by atoms with E-state index in [4.69, 9.17) is 4.98 Å². The second-order valence-electron chi connectivity index (χ2n) is 6.64. The first kappa shape index (κ1) is 17.5. The Bertz CT molecular complexity index is 1230. The Morgan fingerprint density at radius 2 is 1.89 bits per heavy atom. The van der Waals surface area contributed by atoms with Crippen molar-refractivity contribution in [3.8, 4) is 11.3 Å². The zero-order valence-corrected chi connectivity index (χ0v) is 15.9. The van der Waals surface area contributed by atoms with Gasteiger partial charge in [0.05, 0.1) is 40.4 Å². The van der Waals surface area contributed by atoms with Crippen molar-refractivity contribution in [2.75, 3.05) is 23.9 Å². The average Bonchev–Trinajstić information content (AvgIpc) is 3.27. The molecule has 3 N–H and O–H groups in total. The summed E-state index contributed by atoms with van der Waals surface area (Å²) in [6.07, 6.45) is 5.31. The van der Waals surface area contributed by atoms with Gasteiger partial charge in [0.1, 0.15) is 9.84 Å². The van der Waals surface area contributed by atoms with Crippen LogP contribution < -0.4 is 5.32 Å². The summed E-state index contributed by atoms with van der Waals surface area (Å²) in [6.45, 7) is 2.56. The van der Waals surface area contributed by atoms with Crippen molar-refractivity contribution in [3.05, 3.63) is 36.2 Å². The van der Waals surface area contributed by atoms with Crippen molar-refractivity contribution in [1.82, 2.24) is 25.4 Å². The highest BCUT2D eigenvalue weighted by Gasteiger charge is 2.16. The fourth-order valence-electron chi connectivity index (χ4n) is 3.28. The van der Waals surface area contributed by atoms with Crippen molar-refractivity contribution in [3.63, 3.8) is 0 Å². The van der Waals surface area contributed by atoms with E-state index in [0.717, 1.165) is 38.8 Å². The quantitative estimate of drug-likeness (QED) is 0.440. The number of sulfone groups is 1. The summed E-state index contributed by atoms with van der Waals surface area (Å²) in [5.74, 6) is 0.153. The van der Waals surface area contributed by atoms with Crippen molar-refractivity contribution in [2.45, 2.75) is 13.3 Å². The number of rotatable bonds is 6. The van der Waals surface area contributed by atoms with Crippen molar-refractivity contribution >= 4 is 37.5 Å². The lowest BCUT2D eigenvalue weighted by atomic mass is 10.0. The maximum absolute atomic E-state index is 11.4. The Morgan fingerprint density at radius 1 is 1.11 bits per heavy atom. The van der Waals surface area contributed by atoms with Crippen LogP contribution in [0.15, 0.2) is 30.6 Å². The van der Waals surface area contributed by atoms with Crippen LogP contribution in [-0.2, 0) is 9.84 Å². The molecular weight excluding hydrogens is 364 g/mol. The molecule has 0 aliphatic heterocycles. The molecule has 0 aliphatic rings. The molecule has 0 aliphatic carbocycles. The third-order valence-electron chi connectivity index (χ3n) is 4.58. The molecule has 0 saturated heterocycles. The number of nitrogens with one attached hydrogen (secondary N) is 3. The minimum atomic E-state index is -2.97. The first-order valence-electron chi connectivity index (χ1n) is 8.62. The highest BCUT2D eigenvalue weighted by molar-refractivity contribution is 7.90. The standard InChI is InChI=1S/C18H20N6O2S/c1-11-16(19-7-4-8-27(2,25)26)14-10-21-24-18(14)22-17(11)12-5-3-6-15-13(12)9-20-23-15/h3,5-6,9-10H,4,7-8H2,1-2H3,(H,20,23)(H2,19,21,22,24). The van der Waals surface area contributed by atoms with E-state index in [-0.39, 0.29) is 5.75 Å². The smallest absolute Gasteiger partial charge is 0.157 e. The maximum Gasteiger partial charge on any atom is 0.157 e. The fraction of sp³-hybridized carbons (Fsp3) is 0.278. The highest BCUT2D eigenvalue weighted by atomic mass is 32.2. The predicted molar refractivity (Wildman–Crippen MR) is 107 cm³/mol. The van der Waals surface area contributed by atoms with Crippen molar-refractivity contribution < 1.29 is 8.42 Å². The SMILES string of the molecule is Cc1c(-c2cccc3[nH]ncc23)nc2[nH]ncc2c1NCCCS(C)(=O)=O. The van der Waals surface area contributed by atoms with E-state index in [2.05, 4.69) is 25.7 Å². The Morgan fingerprint density at radius 3 is 2.70 bits per heavy atom. The molecule has 140 valence electrons. The Hall–Kier alpha value is -2.94. The van der Waals surface area contributed by atoms with Crippen molar-refractivity contribution in [1.29, 1.82) is 0 Å². The minimum absolute atomic E-state index is 0.153. The van der Waals surface area contributed by atoms with E-state index in [9.17, 15) is 8.42 Å². The molecule has 3 heterocycles. The molecule has 27 heavy (non-hydrogen) atoms. The summed E-state index contributed by atoms with van der Waals surface area (Å²) in [4.78, 5) is 4.77. The van der Waals surface area contributed by atoms with Gasteiger partial charge in [-0.3, -0.25) is 10.2 Å². The van der Waals surface area contributed by atoms with Gasteiger partial charge >= 0.3 is 0 Å². The van der Waals surface area contributed by atoms with Crippen LogP contribution in [0.4, 0.5) is 5.69 Å². The van der Waals surface area contributed by atoms with E-state index >= 15 is 0 Å². The zero-order chi connectivity index (χ0) is 19.0. The molecule has 1 aromatic carbocycles. The number of hydrogen-bond donors (Lipinski definition) is 3. The molecule has 0 atom stereocenters. The molecule has 9 heteroatoms. The average molecular weight is 384 g/mol. The molecule has 0 amide bonds. The van der Waals surface area contributed by atoms with Gasteiger partial charge in [0.15, 0.2) is 5.65 Å². The molecule has 0 saturated carbocycles. The van der Waals surface area contributed by atoms with Crippen LogP contribution >= 0.6 is 0 Å². The fourth-order valence-corrected chi connectivity index (χ4v) is 3.94. The van der Waals surface area contributed by atoms with E-state index in [0.29, 0.717) is 18.6 Å². The molecule has 8 nitrogen and oxygen atoms in total. The molecule has 0 spiro atoms. The molecule has 0 radical (unpaired) electrons. The van der Waals surface area contributed by atoms with Crippen molar-refractivity contribution in [2.24, 2.45) is 0 Å². The summed E-state index contributed by atoms with van der Waals surface area (Å²) in [7, 11) is -2.97. The van der Waals surface area contributed by atoms with Crippen LogP contribution in [0.25, 0.3) is 33.2 Å². The van der Waals surface area contributed by atoms with Gasteiger partial charge in [0.25, 0.3) is 0 Å². The van der Waals surface area contributed by atoms with Gasteiger partial charge in [-0.15, -0.1) is 0 Å². The van der Waals surface area contributed by atoms with Crippen LogP contribution in [0.5, 0.6) is 0 Å². The number of pyridine rings is 1. The van der Waals surface area contributed by atoms with Gasteiger partial charge in [-0.05, 0) is 25.0 Å². The predicted octanol–water partition coefficient (Wildman–Crippen LogP) is 2.66. The monoisotopic (exact) mass is 384 g/mol. The van der Waals surface area contributed by atoms with Crippen LogP contribution in [-0.4, -0.2) is 52.3 Å². The summed E-state index contributed by atoms with van der Waals surface area (Å²) in [5.41, 5.74) is 5.34. The van der Waals surface area contributed by atoms with Gasteiger partial charge < -0.3 is 5.32 Å². The van der Waals surface area contributed by atoms with Gasteiger partial charge in [-0.2, -0.15) is 10.2 Å². The van der Waals surface area contributed by atoms with Crippen LogP contribution in [0.2, 0.25) is 0 Å². The van der Waals surface area contributed by atoms with E-state index in [1.807, 2.05) is 25.1 Å². The number of H-pyrrole nitrogens is 2. The summed E-state index contributed by atoms with van der Waals surface area (Å²) >= 11 is 0. The lowest BCUT2D eigenvalue weighted by Gasteiger charge is -2.14. The summed E-state index contributed by atoms with van der Waals surface area (Å²) in [5, 5.41) is 19.4.